The van der Waals surface area contributed by atoms with Crippen LogP contribution in [0.5, 0.6) is 0 Å². The molecular formula is C29H40N2O2. The maximum absolute atomic E-state index is 13.4. The van der Waals surface area contributed by atoms with Crippen molar-refractivity contribution in [1.82, 2.24) is 10.2 Å². The molecule has 33 heavy (non-hydrogen) atoms. The topological polar surface area (TPSA) is 49.4 Å². The van der Waals surface area contributed by atoms with Crippen LogP contribution in [0.3, 0.4) is 0 Å². The monoisotopic (exact) mass is 448 g/mol. The fraction of sp³-hybridized carbons (Fsp3) is 0.517. The molecule has 0 unspecified atom stereocenters. The minimum atomic E-state index is -0.442. The highest BCUT2D eigenvalue weighted by atomic mass is 16.2. The van der Waals surface area contributed by atoms with Gasteiger partial charge in [-0.3, -0.25) is 9.59 Å². The van der Waals surface area contributed by atoms with Crippen LogP contribution in [0, 0.1) is 0 Å². The Labute approximate surface area is 199 Å². The molecule has 0 spiro atoms. The number of rotatable bonds is 10. The quantitative estimate of drug-likeness (QED) is 0.485. The van der Waals surface area contributed by atoms with Gasteiger partial charge in [0.1, 0.15) is 6.04 Å². The molecule has 1 saturated carbocycles. The number of carbonyl (C=O) groups excluding carboxylic acids is 2. The van der Waals surface area contributed by atoms with Crippen molar-refractivity contribution in [3.05, 3.63) is 71.3 Å². The molecule has 2 aromatic rings. The van der Waals surface area contributed by atoms with Crippen molar-refractivity contribution >= 4 is 11.8 Å². The van der Waals surface area contributed by atoms with E-state index in [2.05, 4.69) is 43.4 Å². The third-order valence-corrected chi connectivity index (χ3v) is 6.81. The van der Waals surface area contributed by atoms with E-state index in [1.807, 2.05) is 37.3 Å². The first kappa shape index (κ1) is 25.0. The summed E-state index contributed by atoms with van der Waals surface area (Å²) in [6, 6.07) is 18.3. The Balaban J connectivity index is 1.71. The summed E-state index contributed by atoms with van der Waals surface area (Å²) >= 11 is 0. The van der Waals surface area contributed by atoms with Gasteiger partial charge in [0.25, 0.3) is 0 Å². The van der Waals surface area contributed by atoms with Gasteiger partial charge in [-0.05, 0) is 48.3 Å². The van der Waals surface area contributed by atoms with Gasteiger partial charge in [-0.1, -0.05) is 94.6 Å². The average molecular weight is 449 g/mol. The van der Waals surface area contributed by atoms with Crippen molar-refractivity contribution in [3.63, 3.8) is 0 Å². The van der Waals surface area contributed by atoms with E-state index in [0.29, 0.717) is 31.7 Å². The number of hydrogen-bond acceptors (Lipinski definition) is 2. The zero-order valence-corrected chi connectivity index (χ0v) is 20.6. The fourth-order valence-corrected chi connectivity index (χ4v) is 4.71. The van der Waals surface area contributed by atoms with Crippen LogP contribution >= 0.6 is 0 Å². The lowest BCUT2D eigenvalue weighted by Gasteiger charge is -2.33. The third kappa shape index (κ3) is 7.45. The SMILES string of the molecule is CC[C@@H](C(=O)NC1CCCCC1)N(Cc1ccccc1)C(=O)CCc1ccc(C(C)C)cc1. The minimum absolute atomic E-state index is 0.00466. The van der Waals surface area contributed by atoms with Crippen LogP contribution in [-0.2, 0) is 22.6 Å². The Kier molecular flexibility index (Phi) is 9.53. The summed E-state index contributed by atoms with van der Waals surface area (Å²) < 4.78 is 0. The van der Waals surface area contributed by atoms with Gasteiger partial charge in [-0.15, -0.1) is 0 Å². The smallest absolute Gasteiger partial charge is 0.243 e. The van der Waals surface area contributed by atoms with Crippen molar-refractivity contribution in [3.8, 4) is 0 Å². The summed E-state index contributed by atoms with van der Waals surface area (Å²) in [4.78, 5) is 28.5. The van der Waals surface area contributed by atoms with E-state index in [-0.39, 0.29) is 17.9 Å². The first-order valence-corrected chi connectivity index (χ1v) is 12.7. The largest absolute Gasteiger partial charge is 0.352 e. The van der Waals surface area contributed by atoms with Gasteiger partial charge in [0.05, 0.1) is 0 Å². The minimum Gasteiger partial charge on any atom is -0.352 e. The molecule has 0 saturated heterocycles. The number of amides is 2. The predicted molar refractivity (Wildman–Crippen MR) is 135 cm³/mol. The van der Waals surface area contributed by atoms with E-state index in [1.165, 1.54) is 24.8 Å². The number of aryl methyl sites for hydroxylation is 1. The lowest BCUT2D eigenvalue weighted by atomic mass is 9.95. The lowest BCUT2D eigenvalue weighted by Crippen LogP contribution is -2.51. The lowest BCUT2D eigenvalue weighted by molar-refractivity contribution is -0.141. The van der Waals surface area contributed by atoms with Gasteiger partial charge in [-0.2, -0.15) is 0 Å². The Hall–Kier alpha value is -2.62. The summed E-state index contributed by atoms with van der Waals surface area (Å²) in [5, 5.41) is 3.25. The predicted octanol–water partition coefficient (Wildman–Crippen LogP) is 6.00. The molecule has 1 aliphatic rings. The van der Waals surface area contributed by atoms with Crippen LogP contribution in [0.15, 0.2) is 54.6 Å². The number of hydrogen-bond donors (Lipinski definition) is 1. The van der Waals surface area contributed by atoms with Crippen LogP contribution in [0.25, 0.3) is 0 Å². The van der Waals surface area contributed by atoms with Crippen LogP contribution in [0.1, 0.15) is 88.3 Å². The van der Waals surface area contributed by atoms with E-state index < -0.39 is 6.04 Å². The van der Waals surface area contributed by atoms with E-state index in [4.69, 9.17) is 0 Å². The molecule has 1 fully saturated rings. The molecule has 0 aromatic heterocycles. The Bertz CT molecular complexity index is 870. The molecular weight excluding hydrogens is 408 g/mol. The normalized spacial score (nSPS) is 15.3. The van der Waals surface area contributed by atoms with Crippen molar-refractivity contribution in [2.45, 2.75) is 96.7 Å². The van der Waals surface area contributed by atoms with E-state index >= 15 is 0 Å². The van der Waals surface area contributed by atoms with Gasteiger partial charge in [0.2, 0.25) is 11.8 Å². The standard InChI is InChI=1S/C29H40N2O2/c1-4-27(29(33)30-26-13-9-6-10-14-26)31(21-24-11-7-5-8-12-24)28(32)20-17-23-15-18-25(19-16-23)22(2)3/h5,7-8,11-12,15-16,18-19,22,26-27H,4,6,9-10,13-14,17,20-21H2,1-3H3,(H,30,33)/t27-/m0/s1. The highest BCUT2D eigenvalue weighted by Gasteiger charge is 2.30. The molecule has 1 atom stereocenters. The molecule has 0 heterocycles. The summed E-state index contributed by atoms with van der Waals surface area (Å²) in [7, 11) is 0. The second-order valence-electron chi connectivity index (χ2n) is 9.67. The average Bonchev–Trinajstić information content (AvgIpc) is 2.84. The first-order valence-electron chi connectivity index (χ1n) is 12.7. The van der Waals surface area contributed by atoms with Crippen LogP contribution in [0.4, 0.5) is 0 Å². The van der Waals surface area contributed by atoms with Gasteiger partial charge in [-0.25, -0.2) is 0 Å². The molecule has 4 nitrogen and oxygen atoms in total. The van der Waals surface area contributed by atoms with Crippen molar-refractivity contribution in [2.75, 3.05) is 0 Å². The Morgan fingerprint density at radius 3 is 2.21 bits per heavy atom. The highest BCUT2D eigenvalue weighted by Crippen LogP contribution is 2.20. The molecule has 2 aromatic carbocycles. The van der Waals surface area contributed by atoms with Crippen molar-refractivity contribution < 1.29 is 9.59 Å². The van der Waals surface area contributed by atoms with Gasteiger partial charge in [0.15, 0.2) is 0 Å². The van der Waals surface area contributed by atoms with E-state index in [1.54, 1.807) is 4.90 Å². The molecule has 4 heteroatoms. The van der Waals surface area contributed by atoms with Crippen LogP contribution in [-0.4, -0.2) is 28.8 Å². The van der Waals surface area contributed by atoms with Crippen molar-refractivity contribution in [2.24, 2.45) is 0 Å². The summed E-state index contributed by atoms with van der Waals surface area (Å²) in [6.45, 7) is 6.83. The molecule has 0 bridgehead atoms. The van der Waals surface area contributed by atoms with Gasteiger partial charge in [0, 0.05) is 19.0 Å². The Morgan fingerprint density at radius 2 is 1.61 bits per heavy atom. The zero-order chi connectivity index (χ0) is 23.6. The molecule has 0 radical (unpaired) electrons. The van der Waals surface area contributed by atoms with E-state index in [0.717, 1.165) is 24.0 Å². The van der Waals surface area contributed by atoms with Crippen molar-refractivity contribution in [1.29, 1.82) is 0 Å². The number of benzene rings is 2. The summed E-state index contributed by atoms with van der Waals surface area (Å²) in [6.07, 6.45) is 7.38. The number of nitrogens with one attached hydrogen (secondary N) is 1. The third-order valence-electron chi connectivity index (χ3n) is 6.81. The number of nitrogens with zero attached hydrogens (tertiary/aromatic N) is 1. The number of carbonyl (C=O) groups is 2. The zero-order valence-electron chi connectivity index (χ0n) is 20.6. The highest BCUT2D eigenvalue weighted by molar-refractivity contribution is 5.88. The van der Waals surface area contributed by atoms with E-state index in [9.17, 15) is 9.59 Å². The first-order chi connectivity index (χ1) is 16.0. The van der Waals surface area contributed by atoms with Crippen LogP contribution < -0.4 is 5.32 Å². The molecule has 178 valence electrons. The van der Waals surface area contributed by atoms with Crippen LogP contribution in [0.2, 0.25) is 0 Å². The Morgan fingerprint density at radius 1 is 0.939 bits per heavy atom. The molecule has 1 N–H and O–H groups in total. The second kappa shape index (κ2) is 12.6. The van der Waals surface area contributed by atoms with Gasteiger partial charge < -0.3 is 10.2 Å². The fourth-order valence-electron chi connectivity index (χ4n) is 4.71. The van der Waals surface area contributed by atoms with Gasteiger partial charge >= 0.3 is 0 Å². The summed E-state index contributed by atoms with van der Waals surface area (Å²) in [5.74, 6) is 0.530. The molecule has 3 rings (SSSR count). The second-order valence-corrected chi connectivity index (χ2v) is 9.67. The molecule has 0 aliphatic heterocycles. The summed E-state index contributed by atoms with van der Waals surface area (Å²) in [5.41, 5.74) is 3.52. The molecule has 2 amide bonds. The maximum atomic E-state index is 13.4. The molecule has 1 aliphatic carbocycles. The maximum Gasteiger partial charge on any atom is 0.243 e.